The van der Waals surface area contributed by atoms with Gasteiger partial charge in [0.15, 0.2) is 0 Å². The van der Waals surface area contributed by atoms with Gasteiger partial charge < -0.3 is 5.21 Å². The Labute approximate surface area is 177 Å². The van der Waals surface area contributed by atoms with Crippen molar-refractivity contribution in [3.05, 3.63) is 0 Å². The summed E-state index contributed by atoms with van der Waals surface area (Å²) in [6, 6.07) is 0. The zero-order valence-corrected chi connectivity index (χ0v) is 19.5. The Kier molecular flexibility index (Phi) is 17.5. The van der Waals surface area contributed by atoms with Gasteiger partial charge in [0.25, 0.3) is 0 Å². The monoisotopic (exact) mass is 396 g/mol. The highest BCUT2D eigenvalue weighted by Gasteiger charge is 2.29. The minimum atomic E-state index is 0.290. The van der Waals surface area contributed by atoms with Crippen molar-refractivity contribution in [3.63, 3.8) is 0 Å². The average Bonchev–Trinajstić information content (AvgIpc) is 3.05. The van der Waals surface area contributed by atoms with Crippen LogP contribution in [-0.4, -0.2) is 41.0 Å². The maximum atomic E-state index is 10.1. The lowest BCUT2D eigenvalue weighted by Crippen LogP contribution is -2.37. The van der Waals surface area contributed by atoms with Gasteiger partial charge in [-0.3, -0.25) is 4.90 Å². The van der Waals surface area contributed by atoms with Crippen LogP contribution in [0.2, 0.25) is 0 Å². The molecule has 0 aromatic carbocycles. The lowest BCUT2D eigenvalue weighted by Gasteiger charge is -2.26. The fourth-order valence-electron chi connectivity index (χ4n) is 4.55. The van der Waals surface area contributed by atoms with Gasteiger partial charge in [-0.1, -0.05) is 123 Å². The van der Waals surface area contributed by atoms with Crippen molar-refractivity contribution in [3.8, 4) is 0 Å². The summed E-state index contributed by atoms with van der Waals surface area (Å²) in [5, 5.41) is 11.7. The van der Waals surface area contributed by atoms with Crippen molar-refractivity contribution >= 4 is 0 Å². The molecule has 0 radical (unpaired) electrons. The fourth-order valence-corrected chi connectivity index (χ4v) is 4.55. The number of unbranched alkanes of at least 4 members (excludes halogenated alkanes) is 16. The topological polar surface area (TPSA) is 26.7 Å². The molecule has 1 unspecified atom stereocenters. The first-order valence-electron chi connectivity index (χ1n) is 13.0. The molecule has 1 fully saturated rings. The maximum absolute atomic E-state index is 10.1. The van der Waals surface area contributed by atoms with Gasteiger partial charge in [-0.2, -0.15) is 5.06 Å². The second-order valence-electron chi connectivity index (χ2n) is 9.13. The molecular weight excluding hydrogens is 344 g/mol. The number of nitrogens with zero attached hydrogens (tertiary/aromatic N) is 2. The molecule has 1 atom stereocenters. The van der Waals surface area contributed by atoms with Crippen LogP contribution >= 0.6 is 0 Å². The van der Waals surface area contributed by atoms with Gasteiger partial charge >= 0.3 is 0 Å². The van der Waals surface area contributed by atoms with Gasteiger partial charge in [0.05, 0.1) is 6.17 Å². The van der Waals surface area contributed by atoms with Crippen molar-refractivity contribution < 1.29 is 5.21 Å². The Morgan fingerprint density at radius 1 is 0.571 bits per heavy atom. The van der Waals surface area contributed by atoms with E-state index in [0.717, 1.165) is 26.1 Å². The molecule has 1 rings (SSSR count). The van der Waals surface area contributed by atoms with Gasteiger partial charge in [0.1, 0.15) is 0 Å². The van der Waals surface area contributed by atoms with E-state index in [-0.39, 0.29) is 6.17 Å². The average molecular weight is 397 g/mol. The van der Waals surface area contributed by atoms with Gasteiger partial charge in [0.2, 0.25) is 0 Å². The van der Waals surface area contributed by atoms with E-state index in [1.54, 1.807) is 5.06 Å². The Morgan fingerprint density at radius 3 is 1.46 bits per heavy atom. The third kappa shape index (κ3) is 13.2. The lowest BCUT2D eigenvalue weighted by molar-refractivity contribution is -0.127. The van der Waals surface area contributed by atoms with Crippen molar-refractivity contribution in [1.82, 2.24) is 9.96 Å². The summed E-state index contributed by atoms with van der Waals surface area (Å²) in [7, 11) is 0. The summed E-state index contributed by atoms with van der Waals surface area (Å²) in [5.41, 5.74) is 0. The van der Waals surface area contributed by atoms with Crippen molar-refractivity contribution in [2.24, 2.45) is 0 Å². The standard InChI is InChI=1S/C25H52N2O/c1-3-5-7-8-9-10-11-12-13-14-15-16-17-18-19-20-21-25-26(22-6-4-2)23-24-27(25)28/h25,28H,3-24H2,1-2H3. The first-order valence-corrected chi connectivity index (χ1v) is 13.0. The Morgan fingerprint density at radius 2 is 1.00 bits per heavy atom. The predicted molar refractivity (Wildman–Crippen MR) is 123 cm³/mol. The lowest BCUT2D eigenvalue weighted by atomic mass is 10.0. The summed E-state index contributed by atoms with van der Waals surface area (Å²) in [4.78, 5) is 2.48. The summed E-state index contributed by atoms with van der Waals surface area (Å²) in [6.45, 7) is 7.56. The molecular formula is C25H52N2O. The molecule has 3 heteroatoms. The number of hydrogen-bond donors (Lipinski definition) is 1. The predicted octanol–water partition coefficient (Wildman–Crippen LogP) is 7.77. The van der Waals surface area contributed by atoms with E-state index in [0.29, 0.717) is 0 Å². The van der Waals surface area contributed by atoms with Crippen LogP contribution in [0.5, 0.6) is 0 Å². The summed E-state index contributed by atoms with van der Waals surface area (Å²) in [6.07, 6.45) is 26.6. The van der Waals surface area contributed by atoms with Crippen LogP contribution in [0.15, 0.2) is 0 Å². The number of hydrogen-bond acceptors (Lipinski definition) is 3. The molecule has 0 amide bonds. The van der Waals surface area contributed by atoms with E-state index in [2.05, 4.69) is 18.7 Å². The van der Waals surface area contributed by atoms with E-state index in [4.69, 9.17) is 0 Å². The highest BCUT2D eigenvalue weighted by molar-refractivity contribution is 4.76. The van der Waals surface area contributed by atoms with Gasteiger partial charge in [-0.15, -0.1) is 0 Å². The minimum absolute atomic E-state index is 0.290. The molecule has 1 saturated heterocycles. The molecule has 1 heterocycles. The van der Waals surface area contributed by atoms with E-state index in [1.807, 2.05) is 0 Å². The Hall–Kier alpha value is -0.120. The van der Waals surface area contributed by atoms with Crippen LogP contribution in [-0.2, 0) is 0 Å². The number of hydroxylamine groups is 2. The van der Waals surface area contributed by atoms with Crippen LogP contribution in [0.4, 0.5) is 0 Å². The van der Waals surface area contributed by atoms with E-state index in [9.17, 15) is 5.21 Å². The zero-order valence-electron chi connectivity index (χ0n) is 19.5. The second-order valence-corrected chi connectivity index (χ2v) is 9.13. The molecule has 168 valence electrons. The molecule has 0 bridgehead atoms. The first kappa shape index (κ1) is 25.9. The normalized spacial score (nSPS) is 18.3. The molecule has 3 nitrogen and oxygen atoms in total. The SMILES string of the molecule is CCCCCCCCCCCCCCCCCCC1N(O)CCN1CCCC. The molecule has 1 N–H and O–H groups in total. The third-order valence-electron chi connectivity index (χ3n) is 6.50. The highest BCUT2D eigenvalue weighted by atomic mass is 16.5. The van der Waals surface area contributed by atoms with Gasteiger partial charge in [0, 0.05) is 13.1 Å². The van der Waals surface area contributed by atoms with Gasteiger partial charge in [-0.25, -0.2) is 0 Å². The molecule has 1 aliphatic heterocycles. The molecule has 0 aromatic heterocycles. The largest absolute Gasteiger partial charge is 0.312 e. The highest BCUT2D eigenvalue weighted by Crippen LogP contribution is 2.20. The fraction of sp³-hybridized carbons (Fsp3) is 1.00. The first-order chi connectivity index (χ1) is 13.8. The van der Waals surface area contributed by atoms with Crippen LogP contribution in [0, 0.1) is 0 Å². The summed E-state index contributed by atoms with van der Waals surface area (Å²) in [5.74, 6) is 0. The van der Waals surface area contributed by atoms with E-state index >= 15 is 0 Å². The maximum Gasteiger partial charge on any atom is 0.0866 e. The van der Waals surface area contributed by atoms with Gasteiger partial charge in [-0.05, 0) is 19.4 Å². The molecule has 28 heavy (non-hydrogen) atoms. The molecule has 0 saturated carbocycles. The third-order valence-corrected chi connectivity index (χ3v) is 6.50. The Balaban J connectivity index is 1.81. The van der Waals surface area contributed by atoms with E-state index < -0.39 is 0 Å². The zero-order chi connectivity index (χ0) is 20.3. The van der Waals surface area contributed by atoms with Crippen molar-refractivity contribution in [2.75, 3.05) is 19.6 Å². The van der Waals surface area contributed by atoms with Crippen LogP contribution < -0.4 is 0 Å². The minimum Gasteiger partial charge on any atom is -0.312 e. The van der Waals surface area contributed by atoms with Crippen molar-refractivity contribution in [2.45, 2.75) is 142 Å². The molecule has 0 aliphatic carbocycles. The van der Waals surface area contributed by atoms with E-state index in [1.165, 1.54) is 116 Å². The smallest absolute Gasteiger partial charge is 0.0866 e. The number of rotatable bonds is 20. The van der Waals surface area contributed by atoms with Crippen LogP contribution in [0.1, 0.15) is 136 Å². The molecule has 1 aliphatic rings. The summed E-state index contributed by atoms with van der Waals surface area (Å²) >= 11 is 0. The Bertz CT molecular complexity index is 324. The van der Waals surface area contributed by atoms with Crippen LogP contribution in [0.25, 0.3) is 0 Å². The van der Waals surface area contributed by atoms with Crippen molar-refractivity contribution in [1.29, 1.82) is 0 Å². The molecule has 0 spiro atoms. The summed E-state index contributed by atoms with van der Waals surface area (Å²) < 4.78 is 0. The second kappa shape index (κ2) is 18.9. The molecule has 0 aromatic rings. The van der Waals surface area contributed by atoms with Crippen LogP contribution in [0.3, 0.4) is 0 Å². The quantitative estimate of drug-likeness (QED) is 0.213.